The van der Waals surface area contributed by atoms with Gasteiger partial charge < -0.3 is 15.4 Å². The monoisotopic (exact) mass is 251 g/mol. The Balaban J connectivity index is 3.19. The van der Waals surface area contributed by atoms with Crippen molar-refractivity contribution in [2.24, 2.45) is 0 Å². The molecule has 0 bridgehead atoms. The molecule has 0 fully saturated rings. The summed E-state index contributed by atoms with van der Waals surface area (Å²) >= 11 is 0. The van der Waals surface area contributed by atoms with E-state index < -0.39 is 5.97 Å². The molecule has 0 radical (unpaired) electrons. The highest BCUT2D eigenvalue weighted by molar-refractivity contribution is 5.88. The molecule has 100 valence electrons. The molecule has 0 saturated carbocycles. The van der Waals surface area contributed by atoms with Crippen LogP contribution in [0.15, 0.2) is 12.1 Å². The summed E-state index contributed by atoms with van der Waals surface area (Å²) in [5, 5.41) is 0. The van der Waals surface area contributed by atoms with Gasteiger partial charge in [0.25, 0.3) is 0 Å². The van der Waals surface area contributed by atoms with E-state index in [2.05, 4.69) is 30.5 Å². The first-order chi connectivity index (χ1) is 8.33. The number of nitrogens with two attached hydrogens (primary N) is 1. The number of aromatic nitrogens is 1. The van der Waals surface area contributed by atoms with Gasteiger partial charge in [0.05, 0.1) is 12.8 Å². The lowest BCUT2D eigenvalue weighted by Crippen LogP contribution is -2.41. The maximum Gasteiger partial charge on any atom is 0.356 e. The fourth-order valence-electron chi connectivity index (χ4n) is 1.47. The standard InChI is InChI=1S/C13H21N3O2/c1-6-13(2,3)16(4)11-9(14)7-8-10(15-11)12(17)18-5/h7-8H,6,14H2,1-5H3. The first kappa shape index (κ1) is 14.3. The minimum Gasteiger partial charge on any atom is -0.464 e. The molecule has 0 atom stereocenters. The van der Waals surface area contributed by atoms with Crippen LogP contribution in [0.3, 0.4) is 0 Å². The predicted octanol–water partition coefficient (Wildman–Crippen LogP) is 2.08. The molecule has 2 N–H and O–H groups in total. The van der Waals surface area contributed by atoms with Crippen LogP contribution in [-0.2, 0) is 4.74 Å². The van der Waals surface area contributed by atoms with Crippen molar-refractivity contribution in [2.75, 3.05) is 24.8 Å². The fourth-order valence-corrected chi connectivity index (χ4v) is 1.47. The van der Waals surface area contributed by atoms with Crippen molar-refractivity contribution in [1.82, 2.24) is 4.98 Å². The molecule has 0 unspecified atom stereocenters. The molecule has 1 heterocycles. The molecule has 0 aliphatic rings. The maximum atomic E-state index is 11.5. The number of carbonyl (C=O) groups is 1. The molecule has 1 rings (SSSR count). The molecule has 1 aromatic rings. The predicted molar refractivity (Wildman–Crippen MR) is 72.8 cm³/mol. The number of hydrogen-bond acceptors (Lipinski definition) is 5. The van der Waals surface area contributed by atoms with Crippen LogP contribution in [0.4, 0.5) is 11.5 Å². The zero-order valence-electron chi connectivity index (χ0n) is 11.7. The van der Waals surface area contributed by atoms with Gasteiger partial charge in [-0.15, -0.1) is 0 Å². The van der Waals surface area contributed by atoms with Crippen molar-refractivity contribution < 1.29 is 9.53 Å². The summed E-state index contributed by atoms with van der Waals surface area (Å²) in [6, 6.07) is 3.24. The van der Waals surface area contributed by atoms with Crippen LogP contribution in [-0.4, -0.2) is 30.6 Å². The van der Waals surface area contributed by atoms with Crippen LogP contribution in [0.5, 0.6) is 0 Å². The average Bonchev–Trinajstić information content (AvgIpc) is 2.37. The molecule has 5 heteroatoms. The normalized spacial score (nSPS) is 11.2. The molecule has 1 aromatic heterocycles. The van der Waals surface area contributed by atoms with Crippen LogP contribution >= 0.6 is 0 Å². The van der Waals surface area contributed by atoms with Gasteiger partial charge >= 0.3 is 5.97 Å². The minimum atomic E-state index is -0.459. The lowest BCUT2D eigenvalue weighted by molar-refractivity contribution is 0.0594. The van der Waals surface area contributed by atoms with Gasteiger partial charge in [-0.3, -0.25) is 0 Å². The Bertz CT molecular complexity index is 444. The molecule has 0 amide bonds. The minimum absolute atomic E-state index is 0.0874. The summed E-state index contributed by atoms with van der Waals surface area (Å²) in [7, 11) is 3.25. The summed E-state index contributed by atoms with van der Waals surface area (Å²) in [6.45, 7) is 6.29. The van der Waals surface area contributed by atoms with E-state index in [4.69, 9.17) is 5.73 Å². The molecular weight excluding hydrogens is 230 g/mol. The van der Waals surface area contributed by atoms with Crippen LogP contribution in [0.1, 0.15) is 37.7 Å². The van der Waals surface area contributed by atoms with E-state index in [1.54, 1.807) is 12.1 Å². The summed E-state index contributed by atoms with van der Waals surface area (Å²) in [5.41, 5.74) is 6.65. The number of nitrogen functional groups attached to an aromatic ring is 1. The Morgan fingerprint density at radius 1 is 1.50 bits per heavy atom. The lowest BCUT2D eigenvalue weighted by Gasteiger charge is -2.36. The third kappa shape index (κ3) is 2.72. The van der Waals surface area contributed by atoms with E-state index in [1.165, 1.54) is 7.11 Å². The van der Waals surface area contributed by atoms with Gasteiger partial charge in [-0.1, -0.05) is 6.92 Å². The second-order valence-electron chi connectivity index (χ2n) is 4.83. The summed E-state index contributed by atoms with van der Waals surface area (Å²) < 4.78 is 4.66. The van der Waals surface area contributed by atoms with Crippen molar-refractivity contribution in [3.63, 3.8) is 0 Å². The second kappa shape index (κ2) is 5.25. The van der Waals surface area contributed by atoms with Crippen molar-refractivity contribution in [1.29, 1.82) is 0 Å². The highest BCUT2D eigenvalue weighted by atomic mass is 16.5. The van der Waals surface area contributed by atoms with Crippen molar-refractivity contribution in [2.45, 2.75) is 32.7 Å². The second-order valence-corrected chi connectivity index (χ2v) is 4.83. The first-order valence-corrected chi connectivity index (χ1v) is 5.92. The van der Waals surface area contributed by atoms with Gasteiger partial charge in [0, 0.05) is 12.6 Å². The number of esters is 1. The Morgan fingerprint density at radius 3 is 2.61 bits per heavy atom. The molecule has 18 heavy (non-hydrogen) atoms. The van der Waals surface area contributed by atoms with E-state index in [1.807, 2.05) is 11.9 Å². The van der Waals surface area contributed by atoms with Gasteiger partial charge in [-0.2, -0.15) is 0 Å². The number of pyridine rings is 1. The maximum absolute atomic E-state index is 11.5. The van der Waals surface area contributed by atoms with E-state index in [-0.39, 0.29) is 11.2 Å². The molecule has 0 aromatic carbocycles. The van der Waals surface area contributed by atoms with Gasteiger partial charge in [0.2, 0.25) is 0 Å². The van der Waals surface area contributed by atoms with Crippen molar-refractivity contribution >= 4 is 17.5 Å². The van der Waals surface area contributed by atoms with Crippen molar-refractivity contribution in [3.05, 3.63) is 17.8 Å². The highest BCUT2D eigenvalue weighted by Gasteiger charge is 2.25. The van der Waals surface area contributed by atoms with E-state index >= 15 is 0 Å². The highest BCUT2D eigenvalue weighted by Crippen LogP contribution is 2.28. The first-order valence-electron chi connectivity index (χ1n) is 5.92. The topological polar surface area (TPSA) is 68.5 Å². The Morgan fingerprint density at radius 2 is 2.11 bits per heavy atom. The molecule has 0 spiro atoms. The van der Waals surface area contributed by atoms with Crippen LogP contribution in [0.25, 0.3) is 0 Å². The van der Waals surface area contributed by atoms with Gasteiger partial charge in [0.1, 0.15) is 0 Å². The molecule has 0 saturated heterocycles. The summed E-state index contributed by atoms with van der Waals surface area (Å²) in [6.07, 6.45) is 0.938. The molecule has 0 aliphatic carbocycles. The SMILES string of the molecule is CCC(C)(C)N(C)c1nc(C(=O)OC)ccc1N. The lowest BCUT2D eigenvalue weighted by atomic mass is 10.00. The number of nitrogens with zero attached hydrogens (tertiary/aromatic N) is 2. The van der Waals surface area contributed by atoms with Crippen LogP contribution in [0.2, 0.25) is 0 Å². The zero-order chi connectivity index (χ0) is 13.9. The summed E-state index contributed by atoms with van der Waals surface area (Å²) in [5.74, 6) is 0.142. The number of methoxy groups -OCH3 is 1. The van der Waals surface area contributed by atoms with Gasteiger partial charge in [-0.25, -0.2) is 9.78 Å². The smallest absolute Gasteiger partial charge is 0.356 e. The Kier molecular flexibility index (Phi) is 4.16. The van der Waals surface area contributed by atoms with Crippen LogP contribution in [0, 0.1) is 0 Å². The third-order valence-corrected chi connectivity index (χ3v) is 3.39. The molecule has 0 aliphatic heterocycles. The number of rotatable bonds is 4. The van der Waals surface area contributed by atoms with E-state index in [9.17, 15) is 4.79 Å². The quantitative estimate of drug-likeness (QED) is 0.830. The average molecular weight is 251 g/mol. The number of ether oxygens (including phenoxy) is 1. The van der Waals surface area contributed by atoms with Crippen molar-refractivity contribution in [3.8, 4) is 0 Å². The van der Waals surface area contributed by atoms with E-state index in [0.29, 0.717) is 11.5 Å². The Labute approximate surface area is 108 Å². The number of anilines is 2. The van der Waals surface area contributed by atoms with Gasteiger partial charge in [-0.05, 0) is 32.4 Å². The third-order valence-electron chi connectivity index (χ3n) is 3.39. The number of carbonyl (C=O) groups excluding carboxylic acids is 1. The van der Waals surface area contributed by atoms with Crippen LogP contribution < -0.4 is 10.6 Å². The Hall–Kier alpha value is -1.78. The summed E-state index contributed by atoms with van der Waals surface area (Å²) in [4.78, 5) is 17.7. The van der Waals surface area contributed by atoms with Gasteiger partial charge in [0.15, 0.2) is 11.5 Å². The molecule has 5 nitrogen and oxygen atoms in total. The number of hydrogen-bond donors (Lipinski definition) is 1. The largest absolute Gasteiger partial charge is 0.464 e. The molecular formula is C13H21N3O2. The fraction of sp³-hybridized carbons (Fsp3) is 0.538. The zero-order valence-corrected chi connectivity index (χ0v) is 11.7. The van der Waals surface area contributed by atoms with E-state index in [0.717, 1.165) is 6.42 Å².